The number of amides is 1. The van der Waals surface area contributed by atoms with Gasteiger partial charge in [-0.2, -0.15) is 0 Å². The molecule has 0 bridgehead atoms. The summed E-state index contributed by atoms with van der Waals surface area (Å²) in [4.78, 5) is 15.8. The van der Waals surface area contributed by atoms with Crippen molar-refractivity contribution in [3.05, 3.63) is 59.9 Å². The van der Waals surface area contributed by atoms with Crippen molar-refractivity contribution in [3.8, 4) is 0 Å². The van der Waals surface area contributed by atoms with Crippen LogP contribution in [0, 0.1) is 0 Å². The molecule has 0 spiro atoms. The zero-order chi connectivity index (χ0) is 16.7. The fourth-order valence-corrected chi connectivity index (χ4v) is 2.03. The Morgan fingerprint density at radius 3 is 2.48 bits per heavy atom. The topological polar surface area (TPSA) is 63.2 Å². The maximum atomic E-state index is 11.8. The van der Waals surface area contributed by atoms with Crippen molar-refractivity contribution in [2.75, 3.05) is 5.32 Å². The van der Waals surface area contributed by atoms with Crippen LogP contribution in [0.25, 0.3) is 0 Å². The highest BCUT2D eigenvalue weighted by molar-refractivity contribution is 5.68. The number of para-hydroxylation sites is 1. The van der Waals surface area contributed by atoms with Crippen molar-refractivity contribution >= 4 is 11.8 Å². The third-order valence-corrected chi connectivity index (χ3v) is 3.07. The highest BCUT2D eigenvalue weighted by Crippen LogP contribution is 2.16. The molecule has 1 amide bonds. The highest BCUT2D eigenvalue weighted by atomic mass is 16.6. The summed E-state index contributed by atoms with van der Waals surface area (Å²) in [6.45, 7) is 6.64. The van der Waals surface area contributed by atoms with E-state index in [2.05, 4.69) is 15.6 Å². The van der Waals surface area contributed by atoms with Crippen molar-refractivity contribution in [1.29, 1.82) is 0 Å². The largest absolute Gasteiger partial charge is 0.444 e. The van der Waals surface area contributed by atoms with E-state index in [1.54, 1.807) is 12.4 Å². The standard InChI is InChI=1S/C18H23N3O2/c1-18(2,3)23-17(22)21-13-15-6-4-5-7-16(15)20-12-14-8-10-19-11-9-14/h4-11,20H,12-13H2,1-3H3,(H,21,22). The lowest BCUT2D eigenvalue weighted by atomic mass is 10.1. The smallest absolute Gasteiger partial charge is 0.407 e. The number of nitrogens with one attached hydrogen (secondary N) is 2. The van der Waals surface area contributed by atoms with Crippen LogP contribution < -0.4 is 10.6 Å². The first-order valence-electron chi connectivity index (χ1n) is 7.61. The van der Waals surface area contributed by atoms with Gasteiger partial charge in [-0.3, -0.25) is 4.98 Å². The van der Waals surface area contributed by atoms with E-state index in [1.807, 2.05) is 57.2 Å². The molecule has 0 aliphatic heterocycles. The predicted molar refractivity (Wildman–Crippen MR) is 91.1 cm³/mol. The van der Waals surface area contributed by atoms with E-state index >= 15 is 0 Å². The molecule has 1 aromatic carbocycles. The lowest BCUT2D eigenvalue weighted by Crippen LogP contribution is -2.32. The number of anilines is 1. The van der Waals surface area contributed by atoms with Gasteiger partial charge in [0.1, 0.15) is 5.60 Å². The zero-order valence-electron chi connectivity index (χ0n) is 13.8. The van der Waals surface area contributed by atoms with Gasteiger partial charge in [-0.1, -0.05) is 18.2 Å². The van der Waals surface area contributed by atoms with E-state index in [1.165, 1.54) is 0 Å². The van der Waals surface area contributed by atoms with Gasteiger partial charge in [0, 0.05) is 31.2 Å². The maximum absolute atomic E-state index is 11.8. The number of aromatic nitrogens is 1. The van der Waals surface area contributed by atoms with Crippen LogP contribution in [-0.2, 0) is 17.8 Å². The van der Waals surface area contributed by atoms with Crippen LogP contribution in [0.15, 0.2) is 48.8 Å². The predicted octanol–water partition coefficient (Wildman–Crippen LogP) is 3.72. The molecular weight excluding hydrogens is 290 g/mol. The summed E-state index contributed by atoms with van der Waals surface area (Å²) in [7, 11) is 0. The van der Waals surface area contributed by atoms with E-state index in [0.29, 0.717) is 13.1 Å². The number of hydrogen-bond donors (Lipinski definition) is 2. The van der Waals surface area contributed by atoms with Gasteiger partial charge in [0.2, 0.25) is 0 Å². The molecule has 1 aromatic heterocycles. The van der Waals surface area contributed by atoms with Gasteiger partial charge >= 0.3 is 6.09 Å². The van der Waals surface area contributed by atoms with E-state index in [-0.39, 0.29) is 0 Å². The second kappa shape index (κ2) is 7.63. The SMILES string of the molecule is CC(C)(C)OC(=O)NCc1ccccc1NCc1ccncc1. The Morgan fingerprint density at radius 1 is 1.09 bits per heavy atom. The van der Waals surface area contributed by atoms with Crippen LogP contribution in [0.3, 0.4) is 0 Å². The van der Waals surface area contributed by atoms with E-state index in [4.69, 9.17) is 4.74 Å². The van der Waals surface area contributed by atoms with Crippen LogP contribution in [0.4, 0.5) is 10.5 Å². The molecule has 2 rings (SSSR count). The minimum absolute atomic E-state index is 0.411. The summed E-state index contributed by atoms with van der Waals surface area (Å²) in [5, 5.41) is 6.16. The van der Waals surface area contributed by atoms with Gasteiger partial charge in [0.25, 0.3) is 0 Å². The van der Waals surface area contributed by atoms with Gasteiger partial charge in [-0.15, -0.1) is 0 Å². The summed E-state index contributed by atoms with van der Waals surface area (Å²) >= 11 is 0. The molecule has 0 unspecified atom stereocenters. The Morgan fingerprint density at radius 2 is 1.78 bits per heavy atom. The molecule has 2 aromatic rings. The summed E-state index contributed by atoms with van der Waals surface area (Å²) < 4.78 is 5.25. The van der Waals surface area contributed by atoms with E-state index < -0.39 is 11.7 Å². The lowest BCUT2D eigenvalue weighted by Gasteiger charge is -2.20. The third kappa shape index (κ3) is 5.98. The summed E-state index contributed by atoms with van der Waals surface area (Å²) in [6, 6.07) is 11.8. The lowest BCUT2D eigenvalue weighted by molar-refractivity contribution is 0.0523. The molecule has 0 saturated heterocycles. The van der Waals surface area contributed by atoms with Gasteiger partial charge in [-0.25, -0.2) is 4.79 Å². The zero-order valence-corrected chi connectivity index (χ0v) is 13.8. The van der Waals surface area contributed by atoms with Crippen molar-refractivity contribution in [3.63, 3.8) is 0 Å². The Hall–Kier alpha value is -2.56. The van der Waals surface area contributed by atoms with E-state index in [0.717, 1.165) is 16.8 Å². The summed E-state index contributed by atoms with van der Waals surface area (Å²) in [5.74, 6) is 0. The Balaban J connectivity index is 1.93. The van der Waals surface area contributed by atoms with Crippen molar-refractivity contribution in [2.45, 2.75) is 39.5 Å². The fraction of sp³-hybridized carbons (Fsp3) is 0.333. The Bertz CT molecular complexity index is 636. The molecule has 0 atom stereocenters. The molecule has 5 nitrogen and oxygen atoms in total. The first-order valence-corrected chi connectivity index (χ1v) is 7.61. The van der Waals surface area contributed by atoms with Crippen LogP contribution in [0.1, 0.15) is 31.9 Å². The Labute approximate surface area is 137 Å². The number of alkyl carbamates (subject to hydrolysis) is 1. The van der Waals surface area contributed by atoms with Crippen molar-refractivity contribution in [1.82, 2.24) is 10.3 Å². The number of rotatable bonds is 5. The summed E-state index contributed by atoms with van der Waals surface area (Å²) in [6.07, 6.45) is 3.13. The quantitative estimate of drug-likeness (QED) is 0.883. The monoisotopic (exact) mass is 313 g/mol. The third-order valence-electron chi connectivity index (χ3n) is 3.07. The molecule has 2 N–H and O–H groups in total. The molecule has 122 valence electrons. The van der Waals surface area contributed by atoms with Gasteiger partial charge in [-0.05, 0) is 50.1 Å². The first-order chi connectivity index (χ1) is 10.9. The normalized spacial score (nSPS) is 10.9. The molecule has 0 fully saturated rings. The number of benzene rings is 1. The van der Waals surface area contributed by atoms with Gasteiger partial charge < -0.3 is 15.4 Å². The van der Waals surface area contributed by atoms with E-state index in [9.17, 15) is 4.79 Å². The molecule has 23 heavy (non-hydrogen) atoms. The average molecular weight is 313 g/mol. The minimum atomic E-state index is -0.497. The second-order valence-corrected chi connectivity index (χ2v) is 6.22. The summed E-state index contributed by atoms with van der Waals surface area (Å²) in [5.41, 5.74) is 2.64. The van der Waals surface area contributed by atoms with Crippen LogP contribution in [-0.4, -0.2) is 16.7 Å². The molecule has 1 heterocycles. The van der Waals surface area contributed by atoms with Crippen LogP contribution in [0.2, 0.25) is 0 Å². The molecule has 0 saturated carbocycles. The van der Waals surface area contributed by atoms with Gasteiger partial charge in [0.15, 0.2) is 0 Å². The molecule has 0 radical (unpaired) electrons. The highest BCUT2D eigenvalue weighted by Gasteiger charge is 2.16. The van der Waals surface area contributed by atoms with Crippen LogP contribution in [0.5, 0.6) is 0 Å². The number of carbonyl (C=O) groups excluding carboxylic acids is 1. The molecule has 0 aliphatic carbocycles. The number of nitrogens with zero attached hydrogens (tertiary/aromatic N) is 1. The number of hydrogen-bond acceptors (Lipinski definition) is 4. The second-order valence-electron chi connectivity index (χ2n) is 6.22. The number of pyridine rings is 1. The average Bonchev–Trinajstić information content (AvgIpc) is 2.51. The molecular formula is C18H23N3O2. The van der Waals surface area contributed by atoms with Crippen LogP contribution >= 0.6 is 0 Å². The maximum Gasteiger partial charge on any atom is 0.407 e. The minimum Gasteiger partial charge on any atom is -0.444 e. The first kappa shape index (κ1) is 16.8. The number of carbonyl (C=O) groups is 1. The Kier molecular flexibility index (Phi) is 5.57. The molecule has 0 aliphatic rings. The number of ether oxygens (including phenoxy) is 1. The fourth-order valence-electron chi connectivity index (χ4n) is 2.03. The molecule has 5 heteroatoms. The van der Waals surface area contributed by atoms with Crippen molar-refractivity contribution in [2.24, 2.45) is 0 Å². The van der Waals surface area contributed by atoms with Gasteiger partial charge in [0.05, 0.1) is 0 Å². The van der Waals surface area contributed by atoms with Crippen molar-refractivity contribution < 1.29 is 9.53 Å².